The van der Waals surface area contributed by atoms with Crippen LogP contribution >= 0.6 is 0 Å². The van der Waals surface area contributed by atoms with E-state index in [4.69, 9.17) is 5.11 Å². The molecule has 5 nitrogen and oxygen atoms in total. The summed E-state index contributed by atoms with van der Waals surface area (Å²) in [5.41, 5.74) is 0. The van der Waals surface area contributed by atoms with Gasteiger partial charge in [-0.05, 0) is 31.6 Å². The van der Waals surface area contributed by atoms with Gasteiger partial charge in [0.1, 0.15) is 0 Å². The molecule has 1 aliphatic rings. The van der Waals surface area contributed by atoms with E-state index in [9.17, 15) is 9.59 Å². The molecule has 0 aromatic heterocycles. The van der Waals surface area contributed by atoms with Crippen LogP contribution in [0, 0.1) is 5.92 Å². The topological polar surface area (TPSA) is 69.6 Å². The Hall–Kier alpha value is -1.26. The van der Waals surface area contributed by atoms with Crippen molar-refractivity contribution < 1.29 is 14.7 Å². The number of hydrogen-bond donors (Lipinski definition) is 2. The van der Waals surface area contributed by atoms with Crippen LogP contribution in [0.1, 0.15) is 46.0 Å². The van der Waals surface area contributed by atoms with Crippen LogP contribution in [0.15, 0.2) is 0 Å². The summed E-state index contributed by atoms with van der Waals surface area (Å²) in [5.74, 6) is -0.187. The van der Waals surface area contributed by atoms with Gasteiger partial charge in [0.15, 0.2) is 0 Å². The van der Waals surface area contributed by atoms with Crippen LogP contribution in [-0.2, 0) is 4.79 Å². The number of urea groups is 1. The summed E-state index contributed by atoms with van der Waals surface area (Å²) in [6.45, 7) is 5.66. The van der Waals surface area contributed by atoms with Crippen molar-refractivity contribution in [1.29, 1.82) is 0 Å². The summed E-state index contributed by atoms with van der Waals surface area (Å²) in [5, 5.41) is 11.7. The highest BCUT2D eigenvalue weighted by Crippen LogP contribution is 2.20. The number of carboxylic acid groups (broad SMARTS) is 1. The highest BCUT2D eigenvalue weighted by atomic mass is 16.4. The number of nitrogens with zero attached hydrogens (tertiary/aromatic N) is 1. The van der Waals surface area contributed by atoms with Gasteiger partial charge in [-0.1, -0.05) is 13.8 Å². The van der Waals surface area contributed by atoms with E-state index in [2.05, 4.69) is 19.2 Å². The average Bonchev–Trinajstić information content (AvgIpc) is 2.71. The van der Waals surface area contributed by atoms with Crippen LogP contribution in [0.5, 0.6) is 0 Å². The maximum Gasteiger partial charge on any atom is 0.317 e. The summed E-state index contributed by atoms with van der Waals surface area (Å²) in [4.78, 5) is 24.3. The lowest BCUT2D eigenvalue weighted by Gasteiger charge is -2.23. The van der Waals surface area contributed by atoms with Crippen LogP contribution in [0.4, 0.5) is 4.79 Å². The number of rotatable bonds is 6. The predicted molar refractivity (Wildman–Crippen MR) is 69.5 cm³/mol. The van der Waals surface area contributed by atoms with E-state index in [1.54, 1.807) is 4.90 Å². The summed E-state index contributed by atoms with van der Waals surface area (Å²) < 4.78 is 0. The minimum atomic E-state index is -0.834. The Balaban J connectivity index is 2.29. The molecule has 1 fully saturated rings. The molecule has 0 bridgehead atoms. The lowest BCUT2D eigenvalue weighted by molar-refractivity contribution is -0.137. The molecule has 0 saturated carbocycles. The normalized spacial score (nSPS) is 19.3. The van der Waals surface area contributed by atoms with Gasteiger partial charge in [0.25, 0.3) is 0 Å². The maximum absolute atomic E-state index is 11.9. The van der Waals surface area contributed by atoms with Gasteiger partial charge in [-0.15, -0.1) is 0 Å². The Kier molecular flexibility index (Phi) is 5.95. The summed E-state index contributed by atoms with van der Waals surface area (Å²) >= 11 is 0. The van der Waals surface area contributed by atoms with Gasteiger partial charge in [-0.25, -0.2) is 4.79 Å². The quantitative estimate of drug-likeness (QED) is 0.715. The lowest BCUT2D eigenvalue weighted by Crippen LogP contribution is -2.43. The second kappa shape index (κ2) is 7.24. The number of nitrogens with one attached hydrogen (secondary N) is 1. The summed E-state index contributed by atoms with van der Waals surface area (Å²) in [7, 11) is 0. The number of carbonyl (C=O) groups excluding carboxylic acids is 1. The molecule has 0 radical (unpaired) electrons. The molecule has 1 aliphatic heterocycles. The van der Waals surface area contributed by atoms with Crippen molar-refractivity contribution in [3.63, 3.8) is 0 Å². The van der Waals surface area contributed by atoms with E-state index < -0.39 is 5.97 Å². The number of carboxylic acids is 1. The number of hydrogen-bond acceptors (Lipinski definition) is 2. The smallest absolute Gasteiger partial charge is 0.317 e. The van der Waals surface area contributed by atoms with E-state index >= 15 is 0 Å². The van der Waals surface area contributed by atoms with Gasteiger partial charge in [-0.2, -0.15) is 0 Å². The zero-order chi connectivity index (χ0) is 13.5. The first kappa shape index (κ1) is 14.8. The molecule has 0 spiro atoms. The Labute approximate surface area is 109 Å². The van der Waals surface area contributed by atoms with Crippen molar-refractivity contribution in [2.75, 3.05) is 13.1 Å². The zero-order valence-electron chi connectivity index (χ0n) is 11.3. The van der Waals surface area contributed by atoms with Gasteiger partial charge in [0, 0.05) is 19.1 Å². The largest absolute Gasteiger partial charge is 0.481 e. The minimum Gasteiger partial charge on any atom is -0.481 e. The van der Waals surface area contributed by atoms with Crippen LogP contribution in [-0.4, -0.2) is 41.1 Å². The molecule has 1 atom stereocenters. The first-order valence-electron chi connectivity index (χ1n) is 6.77. The molecular weight excluding hydrogens is 232 g/mol. The van der Waals surface area contributed by atoms with Gasteiger partial charge in [-0.3, -0.25) is 4.79 Å². The van der Waals surface area contributed by atoms with Crippen molar-refractivity contribution >= 4 is 12.0 Å². The SMILES string of the molecule is CC(C)CCCNC(=O)N1CCCC1CC(=O)O. The second-order valence-electron chi connectivity index (χ2n) is 5.36. The third-order valence-electron chi connectivity index (χ3n) is 3.28. The van der Waals surface area contributed by atoms with Crippen LogP contribution in [0.25, 0.3) is 0 Å². The molecule has 0 aromatic rings. The van der Waals surface area contributed by atoms with Crippen molar-refractivity contribution in [3.8, 4) is 0 Å². The van der Waals surface area contributed by atoms with E-state index in [-0.39, 0.29) is 18.5 Å². The molecule has 1 rings (SSSR count). The first-order chi connectivity index (χ1) is 8.50. The van der Waals surface area contributed by atoms with Crippen LogP contribution in [0.3, 0.4) is 0 Å². The molecule has 5 heteroatoms. The van der Waals surface area contributed by atoms with Gasteiger partial charge in [0.2, 0.25) is 0 Å². The third-order valence-corrected chi connectivity index (χ3v) is 3.28. The van der Waals surface area contributed by atoms with Crippen molar-refractivity contribution in [2.45, 2.75) is 52.0 Å². The predicted octanol–water partition coefficient (Wildman–Crippen LogP) is 2.07. The molecule has 1 unspecified atom stereocenters. The molecule has 1 heterocycles. The molecule has 18 heavy (non-hydrogen) atoms. The Morgan fingerprint density at radius 2 is 2.17 bits per heavy atom. The van der Waals surface area contributed by atoms with Crippen LogP contribution < -0.4 is 5.32 Å². The molecule has 1 saturated heterocycles. The zero-order valence-corrected chi connectivity index (χ0v) is 11.3. The minimum absolute atomic E-state index is 0.0550. The van der Waals surface area contributed by atoms with Gasteiger partial charge >= 0.3 is 12.0 Å². The summed E-state index contributed by atoms with van der Waals surface area (Å²) in [6, 6.07) is -0.241. The number of amides is 2. The van der Waals surface area contributed by atoms with Crippen molar-refractivity contribution in [1.82, 2.24) is 10.2 Å². The Morgan fingerprint density at radius 1 is 1.44 bits per heavy atom. The fourth-order valence-electron chi connectivity index (χ4n) is 2.32. The van der Waals surface area contributed by atoms with Crippen LogP contribution in [0.2, 0.25) is 0 Å². The Morgan fingerprint density at radius 3 is 2.78 bits per heavy atom. The standard InChI is InChI=1S/C13H24N2O3/c1-10(2)5-3-7-14-13(18)15-8-4-6-11(15)9-12(16)17/h10-11H,3-9H2,1-2H3,(H,14,18)(H,16,17). The number of carbonyl (C=O) groups is 2. The monoisotopic (exact) mass is 256 g/mol. The molecule has 104 valence electrons. The van der Waals surface area contributed by atoms with Gasteiger partial charge < -0.3 is 15.3 Å². The molecule has 0 aromatic carbocycles. The first-order valence-corrected chi connectivity index (χ1v) is 6.77. The fourth-order valence-corrected chi connectivity index (χ4v) is 2.32. The number of aliphatic carboxylic acids is 1. The molecule has 2 amide bonds. The fraction of sp³-hybridized carbons (Fsp3) is 0.846. The van der Waals surface area contributed by atoms with E-state index in [0.717, 1.165) is 25.7 Å². The molecule has 2 N–H and O–H groups in total. The third kappa shape index (κ3) is 4.94. The summed E-state index contributed by atoms with van der Waals surface area (Å²) in [6.07, 6.45) is 3.82. The Bertz CT molecular complexity index is 292. The second-order valence-corrected chi connectivity index (χ2v) is 5.36. The average molecular weight is 256 g/mol. The molecular formula is C13H24N2O3. The van der Waals surface area contributed by atoms with E-state index in [1.807, 2.05) is 0 Å². The van der Waals surface area contributed by atoms with Crippen molar-refractivity contribution in [3.05, 3.63) is 0 Å². The molecule has 0 aliphatic carbocycles. The van der Waals surface area contributed by atoms with Gasteiger partial charge in [0.05, 0.1) is 6.42 Å². The highest BCUT2D eigenvalue weighted by Gasteiger charge is 2.29. The maximum atomic E-state index is 11.9. The lowest BCUT2D eigenvalue weighted by atomic mass is 10.1. The highest BCUT2D eigenvalue weighted by molar-refractivity contribution is 5.76. The van der Waals surface area contributed by atoms with E-state index in [0.29, 0.717) is 19.0 Å². The number of likely N-dealkylation sites (tertiary alicyclic amines) is 1. The van der Waals surface area contributed by atoms with Crippen molar-refractivity contribution in [2.24, 2.45) is 5.92 Å². The van der Waals surface area contributed by atoms with E-state index in [1.165, 1.54) is 0 Å².